The summed E-state index contributed by atoms with van der Waals surface area (Å²) >= 11 is 11.9. The van der Waals surface area contributed by atoms with Crippen molar-refractivity contribution in [3.63, 3.8) is 0 Å². The molecule has 2 nitrogen and oxygen atoms in total. The van der Waals surface area contributed by atoms with Crippen molar-refractivity contribution in [1.82, 2.24) is 5.32 Å². The van der Waals surface area contributed by atoms with Gasteiger partial charge in [0.2, 0.25) is 0 Å². The van der Waals surface area contributed by atoms with Gasteiger partial charge in [0.1, 0.15) is 0 Å². The van der Waals surface area contributed by atoms with Gasteiger partial charge in [-0.2, -0.15) is 0 Å². The van der Waals surface area contributed by atoms with Crippen LogP contribution in [0.1, 0.15) is 24.4 Å². The second kappa shape index (κ2) is 4.92. The molecule has 0 saturated heterocycles. The Hall–Kier alpha value is -0.280. The van der Waals surface area contributed by atoms with Gasteiger partial charge in [-0.1, -0.05) is 29.3 Å². The zero-order valence-electron chi connectivity index (χ0n) is 9.21. The third-order valence-corrected chi connectivity index (χ3v) is 4.04. The van der Waals surface area contributed by atoms with Crippen LogP contribution >= 0.6 is 23.2 Å². The number of halogens is 2. The van der Waals surface area contributed by atoms with Crippen LogP contribution in [0.25, 0.3) is 0 Å². The van der Waals surface area contributed by atoms with Crippen LogP contribution < -0.4 is 11.1 Å². The summed E-state index contributed by atoms with van der Waals surface area (Å²) in [5.41, 5.74) is 7.01. The van der Waals surface area contributed by atoms with Crippen LogP contribution in [0.3, 0.4) is 0 Å². The number of rotatable bonds is 3. The number of hydrogen-bond donors (Lipinski definition) is 2. The van der Waals surface area contributed by atoms with Gasteiger partial charge < -0.3 is 11.1 Å². The van der Waals surface area contributed by atoms with Crippen molar-refractivity contribution in [3.8, 4) is 0 Å². The molecule has 3 N–H and O–H groups in total. The van der Waals surface area contributed by atoms with E-state index in [1.165, 1.54) is 5.56 Å². The van der Waals surface area contributed by atoms with Crippen LogP contribution in [0.2, 0.25) is 10.0 Å². The third-order valence-electron chi connectivity index (χ3n) is 3.30. The highest BCUT2D eigenvalue weighted by Gasteiger charge is 2.33. The normalized spacial score (nSPS) is 26.2. The number of nitrogens with one attached hydrogen (secondary N) is 1. The summed E-state index contributed by atoms with van der Waals surface area (Å²) in [4.78, 5) is 0. The van der Waals surface area contributed by atoms with E-state index in [0.717, 1.165) is 12.8 Å². The van der Waals surface area contributed by atoms with Gasteiger partial charge in [0, 0.05) is 12.1 Å². The van der Waals surface area contributed by atoms with E-state index in [0.29, 0.717) is 28.0 Å². The second-order valence-electron chi connectivity index (χ2n) is 4.43. The first-order valence-corrected chi connectivity index (χ1v) is 6.25. The van der Waals surface area contributed by atoms with Crippen LogP contribution in [-0.2, 0) is 0 Å². The Labute approximate surface area is 106 Å². The SMILES string of the molecule is CNC(c1ccc(Cl)c(Cl)c1)C1CC(N)C1. The van der Waals surface area contributed by atoms with Crippen molar-refractivity contribution in [2.75, 3.05) is 7.05 Å². The molecule has 16 heavy (non-hydrogen) atoms. The Balaban J connectivity index is 2.17. The maximum Gasteiger partial charge on any atom is 0.0595 e. The maximum atomic E-state index is 6.03. The fourth-order valence-corrected chi connectivity index (χ4v) is 2.67. The average Bonchev–Trinajstić information content (AvgIpc) is 2.22. The molecule has 0 amide bonds. The van der Waals surface area contributed by atoms with E-state index >= 15 is 0 Å². The molecule has 0 spiro atoms. The van der Waals surface area contributed by atoms with E-state index < -0.39 is 0 Å². The lowest BCUT2D eigenvalue weighted by atomic mass is 9.74. The Morgan fingerprint density at radius 2 is 2.00 bits per heavy atom. The zero-order chi connectivity index (χ0) is 11.7. The van der Waals surface area contributed by atoms with E-state index in [2.05, 4.69) is 5.32 Å². The molecule has 1 atom stereocenters. The molecule has 4 heteroatoms. The smallest absolute Gasteiger partial charge is 0.0595 e. The maximum absolute atomic E-state index is 6.03. The highest BCUT2D eigenvalue weighted by Crippen LogP contribution is 2.38. The van der Waals surface area contributed by atoms with Gasteiger partial charge in [0.15, 0.2) is 0 Å². The highest BCUT2D eigenvalue weighted by molar-refractivity contribution is 6.42. The molecule has 1 aromatic carbocycles. The summed E-state index contributed by atoms with van der Waals surface area (Å²) in [5.74, 6) is 0.609. The molecule has 1 aliphatic carbocycles. The molecule has 1 saturated carbocycles. The summed E-state index contributed by atoms with van der Waals surface area (Å²) in [5, 5.41) is 4.55. The lowest BCUT2D eigenvalue weighted by Crippen LogP contribution is -2.42. The Kier molecular flexibility index (Phi) is 3.75. The first-order valence-electron chi connectivity index (χ1n) is 5.49. The molecule has 88 valence electrons. The topological polar surface area (TPSA) is 38.0 Å². The summed E-state index contributed by atoms with van der Waals surface area (Å²) in [6, 6.07) is 6.51. The summed E-state index contributed by atoms with van der Waals surface area (Å²) in [6.07, 6.45) is 2.15. The monoisotopic (exact) mass is 258 g/mol. The molecule has 1 fully saturated rings. The Bertz CT molecular complexity index is 375. The number of hydrogen-bond acceptors (Lipinski definition) is 2. The number of benzene rings is 1. The molecule has 2 rings (SSSR count). The molecule has 0 radical (unpaired) electrons. The molecular formula is C12H16Cl2N2. The van der Waals surface area contributed by atoms with Gasteiger partial charge in [-0.25, -0.2) is 0 Å². The highest BCUT2D eigenvalue weighted by atomic mass is 35.5. The van der Waals surface area contributed by atoms with E-state index in [4.69, 9.17) is 28.9 Å². The summed E-state index contributed by atoms with van der Waals surface area (Å²) in [6.45, 7) is 0. The molecule has 0 bridgehead atoms. The fraction of sp³-hybridized carbons (Fsp3) is 0.500. The summed E-state index contributed by atoms with van der Waals surface area (Å²) in [7, 11) is 1.97. The molecule has 0 aliphatic heterocycles. The average molecular weight is 259 g/mol. The van der Waals surface area contributed by atoms with Gasteiger partial charge >= 0.3 is 0 Å². The molecule has 1 aliphatic rings. The lowest BCUT2D eigenvalue weighted by Gasteiger charge is -2.38. The van der Waals surface area contributed by atoms with E-state index in [9.17, 15) is 0 Å². The van der Waals surface area contributed by atoms with Crippen LogP contribution in [0.15, 0.2) is 18.2 Å². The van der Waals surface area contributed by atoms with Crippen molar-refractivity contribution < 1.29 is 0 Å². The third kappa shape index (κ3) is 2.35. The van der Waals surface area contributed by atoms with Crippen molar-refractivity contribution in [2.24, 2.45) is 11.7 Å². The van der Waals surface area contributed by atoms with Crippen LogP contribution in [0.4, 0.5) is 0 Å². The standard InChI is InChI=1S/C12H16Cl2N2/c1-16-12(8-4-9(15)5-8)7-2-3-10(13)11(14)6-7/h2-3,6,8-9,12,16H,4-5,15H2,1H3. The van der Waals surface area contributed by atoms with Gasteiger partial charge in [-0.15, -0.1) is 0 Å². The molecule has 1 aromatic rings. The number of nitrogens with two attached hydrogens (primary N) is 1. The van der Waals surface area contributed by atoms with E-state index in [1.807, 2.05) is 25.2 Å². The van der Waals surface area contributed by atoms with Crippen LogP contribution in [-0.4, -0.2) is 13.1 Å². The molecular weight excluding hydrogens is 243 g/mol. The minimum Gasteiger partial charge on any atom is -0.328 e. The molecule has 1 unspecified atom stereocenters. The van der Waals surface area contributed by atoms with Crippen LogP contribution in [0, 0.1) is 5.92 Å². The Morgan fingerprint density at radius 3 is 2.50 bits per heavy atom. The zero-order valence-corrected chi connectivity index (χ0v) is 10.7. The molecule has 0 aromatic heterocycles. The van der Waals surface area contributed by atoms with Crippen molar-refractivity contribution >= 4 is 23.2 Å². The van der Waals surface area contributed by atoms with Gasteiger partial charge in [-0.05, 0) is 43.5 Å². The lowest BCUT2D eigenvalue weighted by molar-refractivity contribution is 0.204. The summed E-state index contributed by atoms with van der Waals surface area (Å²) < 4.78 is 0. The van der Waals surface area contributed by atoms with Crippen LogP contribution in [0.5, 0.6) is 0 Å². The predicted octanol–water partition coefficient (Wildman–Crippen LogP) is 2.99. The molecule has 0 heterocycles. The first kappa shape index (κ1) is 12.2. The minimum atomic E-state index is 0.328. The minimum absolute atomic E-state index is 0.328. The van der Waals surface area contributed by atoms with Crippen molar-refractivity contribution in [1.29, 1.82) is 0 Å². The predicted molar refractivity (Wildman–Crippen MR) is 69.0 cm³/mol. The second-order valence-corrected chi connectivity index (χ2v) is 5.25. The van der Waals surface area contributed by atoms with E-state index in [-0.39, 0.29) is 0 Å². The largest absolute Gasteiger partial charge is 0.328 e. The van der Waals surface area contributed by atoms with Gasteiger partial charge in [-0.3, -0.25) is 0 Å². The van der Waals surface area contributed by atoms with Crippen molar-refractivity contribution in [2.45, 2.75) is 24.9 Å². The van der Waals surface area contributed by atoms with E-state index in [1.54, 1.807) is 0 Å². The Morgan fingerprint density at radius 1 is 1.31 bits per heavy atom. The fourth-order valence-electron chi connectivity index (χ4n) is 2.36. The first-order chi connectivity index (χ1) is 7.61. The van der Waals surface area contributed by atoms with Gasteiger partial charge in [0.25, 0.3) is 0 Å². The van der Waals surface area contributed by atoms with Crippen molar-refractivity contribution in [3.05, 3.63) is 33.8 Å². The van der Waals surface area contributed by atoms with Gasteiger partial charge in [0.05, 0.1) is 10.0 Å². The quantitative estimate of drug-likeness (QED) is 0.875.